The fraction of sp³-hybridized carbons (Fsp3) is 0.412. The molecule has 0 aliphatic carbocycles. The smallest absolute Gasteiger partial charge is 0.126 e. The molecule has 0 saturated heterocycles. The van der Waals surface area contributed by atoms with Crippen molar-refractivity contribution in [3.05, 3.63) is 57.5 Å². The molecule has 0 bridgehead atoms. The first-order chi connectivity index (χ1) is 10.1. The number of nitrogens with zero attached hydrogens (tertiary/aromatic N) is 1. The van der Waals surface area contributed by atoms with Gasteiger partial charge in [0.1, 0.15) is 5.82 Å². The van der Waals surface area contributed by atoms with Gasteiger partial charge in [-0.2, -0.15) is 0 Å². The van der Waals surface area contributed by atoms with Gasteiger partial charge in [0.05, 0.1) is 0 Å². The number of aryl methyl sites for hydroxylation is 1. The number of thiophene rings is 1. The number of nitrogens with one attached hydrogen (secondary N) is 1. The fourth-order valence-electron chi connectivity index (χ4n) is 2.40. The van der Waals surface area contributed by atoms with Crippen LogP contribution in [0, 0.1) is 12.7 Å². The number of halogens is 1. The van der Waals surface area contributed by atoms with Gasteiger partial charge in [0.15, 0.2) is 0 Å². The van der Waals surface area contributed by atoms with E-state index in [4.69, 9.17) is 0 Å². The zero-order valence-corrected chi connectivity index (χ0v) is 13.7. The van der Waals surface area contributed by atoms with Gasteiger partial charge in [0.25, 0.3) is 0 Å². The van der Waals surface area contributed by atoms with Crippen LogP contribution in [0.2, 0.25) is 0 Å². The lowest BCUT2D eigenvalue weighted by atomic mass is 10.0. The average molecular weight is 306 g/mol. The second-order valence-electron chi connectivity index (χ2n) is 5.46. The predicted molar refractivity (Wildman–Crippen MR) is 88.2 cm³/mol. The van der Waals surface area contributed by atoms with Crippen LogP contribution in [0.25, 0.3) is 0 Å². The summed E-state index contributed by atoms with van der Waals surface area (Å²) < 4.78 is 13.7. The van der Waals surface area contributed by atoms with Crippen molar-refractivity contribution in [2.24, 2.45) is 0 Å². The third-order valence-corrected chi connectivity index (χ3v) is 4.61. The summed E-state index contributed by atoms with van der Waals surface area (Å²) in [5, 5.41) is 5.39. The van der Waals surface area contributed by atoms with E-state index in [1.54, 1.807) is 24.3 Å². The molecule has 2 aromatic rings. The van der Waals surface area contributed by atoms with Gasteiger partial charge in [-0.05, 0) is 56.1 Å². The van der Waals surface area contributed by atoms with E-state index >= 15 is 0 Å². The summed E-state index contributed by atoms with van der Waals surface area (Å²) in [4.78, 5) is 3.68. The van der Waals surface area contributed by atoms with E-state index in [1.165, 1.54) is 4.88 Å². The minimum Gasteiger partial charge on any atom is -0.313 e. The second-order valence-corrected chi connectivity index (χ2v) is 6.49. The molecule has 1 aromatic heterocycles. The normalized spacial score (nSPS) is 12.8. The molecular weight excluding hydrogens is 283 g/mol. The molecule has 114 valence electrons. The molecule has 4 heteroatoms. The van der Waals surface area contributed by atoms with Crippen LogP contribution >= 0.6 is 11.3 Å². The van der Waals surface area contributed by atoms with Crippen LogP contribution in [0.15, 0.2) is 35.7 Å². The summed E-state index contributed by atoms with van der Waals surface area (Å²) in [6, 6.07) is 9.94. The first kappa shape index (κ1) is 16.1. The third-order valence-electron chi connectivity index (χ3n) is 3.75. The Labute approximate surface area is 130 Å². The van der Waals surface area contributed by atoms with E-state index in [0.717, 1.165) is 25.1 Å². The van der Waals surface area contributed by atoms with Gasteiger partial charge >= 0.3 is 0 Å². The molecule has 21 heavy (non-hydrogen) atoms. The van der Waals surface area contributed by atoms with E-state index in [-0.39, 0.29) is 11.9 Å². The highest BCUT2D eigenvalue weighted by Crippen LogP contribution is 2.20. The summed E-state index contributed by atoms with van der Waals surface area (Å²) in [6.45, 7) is 3.73. The maximum atomic E-state index is 13.7. The van der Waals surface area contributed by atoms with Gasteiger partial charge in [0, 0.05) is 24.0 Å². The number of hydrogen-bond acceptors (Lipinski definition) is 3. The van der Waals surface area contributed by atoms with Gasteiger partial charge in [-0.1, -0.05) is 18.2 Å². The Balaban J connectivity index is 1.91. The summed E-state index contributed by atoms with van der Waals surface area (Å²) in [5.74, 6) is -0.125. The quantitative estimate of drug-likeness (QED) is 0.832. The Morgan fingerprint density at radius 1 is 1.33 bits per heavy atom. The molecule has 1 aromatic carbocycles. The summed E-state index contributed by atoms with van der Waals surface area (Å²) in [5.41, 5.74) is 1.72. The Hall–Kier alpha value is -1.23. The van der Waals surface area contributed by atoms with Crippen molar-refractivity contribution in [1.82, 2.24) is 10.2 Å². The average Bonchev–Trinajstić information content (AvgIpc) is 2.96. The second kappa shape index (κ2) is 7.69. The first-order valence-electron chi connectivity index (χ1n) is 7.24. The van der Waals surface area contributed by atoms with Crippen molar-refractivity contribution < 1.29 is 4.39 Å². The summed E-state index contributed by atoms with van der Waals surface area (Å²) >= 11 is 1.78. The Morgan fingerprint density at radius 2 is 2.14 bits per heavy atom. The lowest BCUT2D eigenvalue weighted by Crippen LogP contribution is -2.25. The molecule has 1 heterocycles. The van der Waals surface area contributed by atoms with Crippen molar-refractivity contribution in [3.8, 4) is 0 Å². The minimum atomic E-state index is -0.125. The van der Waals surface area contributed by atoms with Crippen LogP contribution in [0.3, 0.4) is 0 Å². The van der Waals surface area contributed by atoms with Gasteiger partial charge < -0.3 is 10.2 Å². The summed E-state index contributed by atoms with van der Waals surface area (Å²) in [7, 11) is 4.06. The van der Waals surface area contributed by atoms with E-state index in [0.29, 0.717) is 5.56 Å². The first-order valence-corrected chi connectivity index (χ1v) is 8.12. The molecule has 0 spiro atoms. The maximum Gasteiger partial charge on any atom is 0.126 e. The van der Waals surface area contributed by atoms with E-state index in [1.807, 2.05) is 19.2 Å². The van der Waals surface area contributed by atoms with Gasteiger partial charge in [-0.3, -0.25) is 0 Å². The molecule has 0 amide bonds. The molecule has 0 aliphatic rings. The van der Waals surface area contributed by atoms with Crippen LogP contribution in [-0.2, 0) is 6.54 Å². The highest BCUT2D eigenvalue weighted by molar-refractivity contribution is 7.09. The molecule has 0 fully saturated rings. The van der Waals surface area contributed by atoms with Gasteiger partial charge in [-0.25, -0.2) is 4.39 Å². The van der Waals surface area contributed by atoms with Crippen LogP contribution in [0.4, 0.5) is 4.39 Å². The Bertz CT molecular complexity index is 554. The van der Waals surface area contributed by atoms with Gasteiger partial charge in [0.2, 0.25) is 0 Å². The molecule has 2 nitrogen and oxygen atoms in total. The molecule has 0 aliphatic heterocycles. The van der Waals surface area contributed by atoms with E-state index < -0.39 is 0 Å². The van der Waals surface area contributed by atoms with Crippen molar-refractivity contribution in [2.45, 2.75) is 25.9 Å². The summed E-state index contributed by atoms with van der Waals surface area (Å²) in [6.07, 6.45) is 0.959. The highest BCUT2D eigenvalue weighted by atomic mass is 32.1. The lowest BCUT2D eigenvalue weighted by Gasteiger charge is -2.21. The largest absolute Gasteiger partial charge is 0.313 e. The maximum absolute atomic E-state index is 13.7. The lowest BCUT2D eigenvalue weighted by molar-refractivity contribution is 0.306. The zero-order valence-electron chi connectivity index (χ0n) is 12.9. The van der Waals surface area contributed by atoms with Crippen LogP contribution in [-0.4, -0.2) is 25.5 Å². The molecule has 1 unspecified atom stereocenters. The molecule has 0 saturated carbocycles. The van der Waals surface area contributed by atoms with Crippen LogP contribution < -0.4 is 5.32 Å². The predicted octanol–water partition coefficient (Wildman–Crippen LogP) is 3.98. The topological polar surface area (TPSA) is 15.3 Å². The van der Waals surface area contributed by atoms with Crippen molar-refractivity contribution in [2.75, 3.05) is 20.6 Å². The van der Waals surface area contributed by atoms with Crippen molar-refractivity contribution >= 4 is 11.3 Å². The minimum absolute atomic E-state index is 0.125. The third kappa shape index (κ3) is 4.63. The van der Waals surface area contributed by atoms with E-state index in [9.17, 15) is 4.39 Å². The van der Waals surface area contributed by atoms with Crippen molar-refractivity contribution in [1.29, 1.82) is 0 Å². The standard InChI is InChI=1S/C17H23FN2S/c1-13-6-7-14(11-16(13)18)17(19-2)8-9-20(3)12-15-5-4-10-21-15/h4-7,10-11,17,19H,8-9,12H2,1-3H3. The van der Waals surface area contributed by atoms with E-state index in [2.05, 4.69) is 34.8 Å². The van der Waals surface area contributed by atoms with Crippen molar-refractivity contribution in [3.63, 3.8) is 0 Å². The molecule has 2 rings (SSSR count). The number of benzene rings is 1. The Morgan fingerprint density at radius 3 is 2.76 bits per heavy atom. The Kier molecular flexibility index (Phi) is 5.91. The SMILES string of the molecule is CNC(CCN(C)Cc1cccs1)c1ccc(C)c(F)c1. The highest BCUT2D eigenvalue weighted by Gasteiger charge is 2.12. The molecular formula is C17H23FN2S. The zero-order chi connectivity index (χ0) is 15.2. The monoisotopic (exact) mass is 306 g/mol. The van der Waals surface area contributed by atoms with Gasteiger partial charge in [-0.15, -0.1) is 11.3 Å². The number of hydrogen-bond donors (Lipinski definition) is 1. The molecule has 1 atom stereocenters. The molecule has 0 radical (unpaired) electrons. The van der Waals surface area contributed by atoms with Crippen LogP contribution in [0.1, 0.15) is 28.5 Å². The van der Waals surface area contributed by atoms with Crippen LogP contribution in [0.5, 0.6) is 0 Å². The molecule has 1 N–H and O–H groups in total. The fourth-order valence-corrected chi connectivity index (χ4v) is 3.18. The number of rotatable bonds is 7.